The predicted octanol–water partition coefficient (Wildman–Crippen LogP) is 7.50. The van der Waals surface area contributed by atoms with Crippen molar-refractivity contribution >= 4 is 0 Å². The van der Waals surface area contributed by atoms with Gasteiger partial charge in [-0.1, -0.05) is 59.4 Å². The molecule has 3 unspecified atom stereocenters. The van der Waals surface area contributed by atoms with Crippen LogP contribution in [0, 0.1) is 0 Å². The zero-order valence-electron chi connectivity index (χ0n) is 17.7. The Morgan fingerprint density at radius 2 is 1.18 bits per heavy atom. The lowest BCUT2D eigenvalue weighted by Gasteiger charge is -2.15. The summed E-state index contributed by atoms with van der Waals surface area (Å²) in [5.74, 6) is 2.42. The summed E-state index contributed by atoms with van der Waals surface area (Å²) in [6.45, 7) is 13.3. The second-order valence-corrected chi connectivity index (χ2v) is 6.92. The van der Waals surface area contributed by atoms with Crippen molar-refractivity contribution in [1.82, 2.24) is 0 Å². The number of benzene rings is 2. The van der Waals surface area contributed by atoms with Crippen LogP contribution in [0.5, 0.6) is 11.5 Å². The molecular formula is C25H40O3. The molecule has 0 aliphatic heterocycles. The van der Waals surface area contributed by atoms with Crippen LogP contribution < -0.4 is 4.74 Å². The van der Waals surface area contributed by atoms with Gasteiger partial charge in [0.15, 0.2) is 6.29 Å². The van der Waals surface area contributed by atoms with Crippen LogP contribution in [-0.4, -0.2) is 18.0 Å². The monoisotopic (exact) mass is 388 g/mol. The number of aromatic hydroxyl groups is 1. The number of phenolic OH excluding ortho intramolecular Hbond substituents is 1. The first-order valence-corrected chi connectivity index (χ1v) is 10.1. The molecule has 0 radical (unpaired) electrons. The highest BCUT2D eigenvalue weighted by atomic mass is 16.7. The maximum atomic E-state index is 9.01. The molecule has 3 nitrogen and oxygen atoms in total. The SMILES string of the molecule is C.CCC(C)c1ccc(O)cc1.CCOC(C)Oc1ccc(C(C)CC)cc1. The number of hydrogen-bond acceptors (Lipinski definition) is 3. The first-order chi connectivity index (χ1) is 12.9. The van der Waals surface area contributed by atoms with E-state index in [4.69, 9.17) is 14.6 Å². The van der Waals surface area contributed by atoms with Gasteiger partial charge in [0.1, 0.15) is 11.5 Å². The van der Waals surface area contributed by atoms with Gasteiger partial charge in [0, 0.05) is 6.61 Å². The second-order valence-electron chi connectivity index (χ2n) is 6.92. The van der Waals surface area contributed by atoms with Crippen LogP contribution in [0.15, 0.2) is 48.5 Å². The van der Waals surface area contributed by atoms with Crippen molar-refractivity contribution in [1.29, 1.82) is 0 Å². The molecule has 2 aromatic carbocycles. The molecule has 0 bridgehead atoms. The Morgan fingerprint density at radius 1 is 0.750 bits per heavy atom. The lowest BCUT2D eigenvalue weighted by Crippen LogP contribution is -2.15. The molecule has 0 spiro atoms. The molecule has 0 aromatic heterocycles. The largest absolute Gasteiger partial charge is 0.508 e. The van der Waals surface area contributed by atoms with Crippen molar-refractivity contribution in [3.8, 4) is 11.5 Å². The van der Waals surface area contributed by atoms with Crippen LogP contribution in [0.1, 0.15) is 84.8 Å². The molecule has 0 amide bonds. The Hall–Kier alpha value is -2.00. The van der Waals surface area contributed by atoms with E-state index in [0.29, 0.717) is 24.2 Å². The molecule has 0 aliphatic carbocycles. The third-order valence-electron chi connectivity index (χ3n) is 4.84. The summed E-state index contributed by atoms with van der Waals surface area (Å²) in [6, 6.07) is 15.7. The molecule has 1 N–H and O–H groups in total. The third kappa shape index (κ3) is 9.27. The summed E-state index contributed by atoms with van der Waals surface area (Å²) in [5, 5.41) is 9.01. The van der Waals surface area contributed by atoms with Gasteiger partial charge in [0.25, 0.3) is 0 Å². The van der Waals surface area contributed by atoms with E-state index < -0.39 is 0 Å². The highest BCUT2D eigenvalue weighted by Gasteiger charge is 2.05. The van der Waals surface area contributed by atoms with Gasteiger partial charge in [-0.2, -0.15) is 0 Å². The molecular weight excluding hydrogens is 348 g/mol. The van der Waals surface area contributed by atoms with E-state index in [1.807, 2.05) is 38.1 Å². The van der Waals surface area contributed by atoms with Crippen LogP contribution >= 0.6 is 0 Å². The summed E-state index contributed by atoms with van der Waals surface area (Å²) in [7, 11) is 0. The van der Waals surface area contributed by atoms with Crippen LogP contribution in [0.25, 0.3) is 0 Å². The molecule has 28 heavy (non-hydrogen) atoms. The summed E-state index contributed by atoms with van der Waals surface area (Å²) in [4.78, 5) is 0. The summed E-state index contributed by atoms with van der Waals surface area (Å²) >= 11 is 0. The van der Waals surface area contributed by atoms with Crippen molar-refractivity contribution in [3.63, 3.8) is 0 Å². The number of phenols is 1. The molecule has 0 saturated carbocycles. The van der Waals surface area contributed by atoms with Gasteiger partial charge in [0.2, 0.25) is 0 Å². The Labute approximate surface area is 172 Å². The van der Waals surface area contributed by atoms with Crippen LogP contribution in [0.4, 0.5) is 0 Å². The van der Waals surface area contributed by atoms with E-state index in [1.54, 1.807) is 12.1 Å². The number of ether oxygens (including phenoxy) is 2. The van der Waals surface area contributed by atoms with Gasteiger partial charge in [-0.25, -0.2) is 0 Å². The summed E-state index contributed by atoms with van der Waals surface area (Å²) in [6.07, 6.45) is 2.12. The molecule has 0 aliphatic rings. The zero-order valence-corrected chi connectivity index (χ0v) is 17.7. The lowest BCUT2D eigenvalue weighted by molar-refractivity contribution is -0.0613. The third-order valence-corrected chi connectivity index (χ3v) is 4.84. The van der Waals surface area contributed by atoms with E-state index in [-0.39, 0.29) is 13.7 Å². The fourth-order valence-corrected chi connectivity index (χ4v) is 2.61. The molecule has 3 atom stereocenters. The standard InChI is InChI=1S/C14H22O2.C10H14O.CH4/c1-5-11(3)13-7-9-14(10-8-13)16-12(4)15-6-2;1-3-8(2)9-4-6-10(11)7-5-9;/h7-12H,5-6H2,1-4H3;4-8,11H,3H2,1-2H3;1H4. The first-order valence-electron chi connectivity index (χ1n) is 10.1. The average molecular weight is 389 g/mol. The Morgan fingerprint density at radius 3 is 1.57 bits per heavy atom. The Kier molecular flexibility index (Phi) is 13.1. The number of hydrogen-bond donors (Lipinski definition) is 1. The van der Waals surface area contributed by atoms with E-state index in [2.05, 4.69) is 39.8 Å². The van der Waals surface area contributed by atoms with Gasteiger partial charge >= 0.3 is 0 Å². The van der Waals surface area contributed by atoms with Crippen LogP contribution in [-0.2, 0) is 4.74 Å². The van der Waals surface area contributed by atoms with Gasteiger partial charge in [0.05, 0.1) is 0 Å². The molecule has 2 aromatic rings. The van der Waals surface area contributed by atoms with E-state index >= 15 is 0 Å². The average Bonchev–Trinajstić information content (AvgIpc) is 2.68. The fourth-order valence-electron chi connectivity index (χ4n) is 2.61. The normalized spacial score (nSPS) is 13.4. The predicted molar refractivity (Wildman–Crippen MR) is 120 cm³/mol. The highest BCUT2D eigenvalue weighted by molar-refractivity contribution is 5.29. The maximum absolute atomic E-state index is 9.01. The molecule has 2 rings (SSSR count). The van der Waals surface area contributed by atoms with Crippen molar-refractivity contribution in [2.75, 3.05) is 6.61 Å². The van der Waals surface area contributed by atoms with Crippen LogP contribution in [0.3, 0.4) is 0 Å². The second kappa shape index (κ2) is 14.1. The topological polar surface area (TPSA) is 38.7 Å². The van der Waals surface area contributed by atoms with E-state index in [0.717, 1.165) is 18.6 Å². The van der Waals surface area contributed by atoms with Gasteiger partial charge in [-0.05, 0) is 73.9 Å². The van der Waals surface area contributed by atoms with Gasteiger partial charge in [-0.3, -0.25) is 0 Å². The summed E-state index contributed by atoms with van der Waals surface area (Å²) in [5.41, 5.74) is 2.66. The van der Waals surface area contributed by atoms with Crippen molar-refractivity contribution in [3.05, 3.63) is 59.7 Å². The lowest BCUT2D eigenvalue weighted by atomic mass is 9.99. The zero-order chi connectivity index (χ0) is 20.2. The summed E-state index contributed by atoms with van der Waals surface area (Å²) < 4.78 is 10.9. The van der Waals surface area contributed by atoms with E-state index in [1.165, 1.54) is 11.1 Å². The van der Waals surface area contributed by atoms with Crippen LogP contribution in [0.2, 0.25) is 0 Å². The number of rotatable bonds is 8. The molecule has 0 heterocycles. The van der Waals surface area contributed by atoms with Crippen molar-refractivity contribution < 1.29 is 14.6 Å². The molecule has 158 valence electrons. The highest BCUT2D eigenvalue weighted by Crippen LogP contribution is 2.22. The van der Waals surface area contributed by atoms with Crippen molar-refractivity contribution in [2.45, 2.75) is 79.9 Å². The maximum Gasteiger partial charge on any atom is 0.196 e. The Bertz CT molecular complexity index is 619. The smallest absolute Gasteiger partial charge is 0.196 e. The minimum Gasteiger partial charge on any atom is -0.508 e. The molecule has 0 fully saturated rings. The first kappa shape index (κ1) is 26.0. The minimum absolute atomic E-state index is 0. The molecule has 0 saturated heterocycles. The Balaban J connectivity index is 0.000000535. The van der Waals surface area contributed by atoms with E-state index in [9.17, 15) is 0 Å². The van der Waals surface area contributed by atoms with Crippen molar-refractivity contribution in [2.24, 2.45) is 0 Å². The van der Waals surface area contributed by atoms with Gasteiger partial charge in [-0.15, -0.1) is 0 Å². The van der Waals surface area contributed by atoms with Gasteiger partial charge < -0.3 is 14.6 Å². The molecule has 3 heteroatoms. The fraction of sp³-hybridized carbons (Fsp3) is 0.520. The minimum atomic E-state index is -0.181. The quantitative estimate of drug-likeness (QED) is 0.476.